The molecule has 0 unspecified atom stereocenters. The van der Waals surface area contributed by atoms with Gasteiger partial charge in [-0.15, -0.1) is 0 Å². The van der Waals surface area contributed by atoms with Gasteiger partial charge in [-0.25, -0.2) is 9.69 Å². The second-order valence-corrected chi connectivity index (χ2v) is 4.79. The summed E-state index contributed by atoms with van der Waals surface area (Å²) in [7, 11) is 0. The molecule has 1 N–H and O–H groups in total. The SMILES string of the molecule is C[C@@H]1C[C@@H](O)C(=O)N1C(=O)OC(C)(C)C. The van der Waals surface area contributed by atoms with Gasteiger partial charge in [0.15, 0.2) is 0 Å². The summed E-state index contributed by atoms with van der Waals surface area (Å²) in [5.41, 5.74) is -0.634. The molecule has 15 heavy (non-hydrogen) atoms. The minimum atomic E-state index is -1.08. The molecule has 86 valence electrons. The number of carbonyl (C=O) groups excluding carboxylic acids is 2. The first-order valence-corrected chi connectivity index (χ1v) is 4.96. The van der Waals surface area contributed by atoms with Crippen LogP contribution in [0.4, 0.5) is 4.79 Å². The Morgan fingerprint density at radius 2 is 2.07 bits per heavy atom. The van der Waals surface area contributed by atoms with Crippen molar-refractivity contribution < 1.29 is 19.4 Å². The third-order valence-corrected chi connectivity index (χ3v) is 2.12. The van der Waals surface area contributed by atoms with Gasteiger partial charge in [0, 0.05) is 12.5 Å². The van der Waals surface area contributed by atoms with Crippen molar-refractivity contribution in [3.05, 3.63) is 0 Å². The summed E-state index contributed by atoms with van der Waals surface area (Å²) in [6.45, 7) is 6.89. The molecule has 0 aromatic rings. The van der Waals surface area contributed by atoms with E-state index in [1.54, 1.807) is 27.7 Å². The Morgan fingerprint density at radius 1 is 1.53 bits per heavy atom. The predicted molar refractivity (Wildman–Crippen MR) is 53.2 cm³/mol. The molecule has 0 aliphatic carbocycles. The molecule has 1 fully saturated rings. The maximum atomic E-state index is 11.6. The number of aliphatic hydroxyl groups is 1. The summed E-state index contributed by atoms with van der Waals surface area (Å²) in [4.78, 5) is 24.0. The molecule has 2 atom stereocenters. The summed E-state index contributed by atoms with van der Waals surface area (Å²) in [5.74, 6) is -0.572. The Morgan fingerprint density at radius 3 is 2.40 bits per heavy atom. The number of imide groups is 1. The number of aliphatic hydroxyl groups excluding tert-OH is 1. The van der Waals surface area contributed by atoms with Gasteiger partial charge in [-0.2, -0.15) is 0 Å². The van der Waals surface area contributed by atoms with Crippen LogP contribution in [0.25, 0.3) is 0 Å². The second-order valence-electron chi connectivity index (χ2n) is 4.79. The standard InChI is InChI=1S/C10H17NO4/c1-6-5-7(12)8(13)11(6)9(14)15-10(2,3)4/h6-7,12H,5H2,1-4H3/t6-,7-/m1/s1. The molecular weight excluding hydrogens is 198 g/mol. The van der Waals surface area contributed by atoms with E-state index in [0.29, 0.717) is 0 Å². The average molecular weight is 215 g/mol. The van der Waals surface area contributed by atoms with Crippen molar-refractivity contribution in [2.24, 2.45) is 0 Å². The van der Waals surface area contributed by atoms with E-state index in [4.69, 9.17) is 4.74 Å². The lowest BCUT2D eigenvalue weighted by atomic mass is 10.2. The number of ether oxygens (including phenoxy) is 1. The van der Waals surface area contributed by atoms with Gasteiger partial charge in [-0.05, 0) is 27.7 Å². The van der Waals surface area contributed by atoms with Gasteiger partial charge in [-0.1, -0.05) is 0 Å². The Kier molecular flexibility index (Phi) is 3.04. The van der Waals surface area contributed by atoms with Gasteiger partial charge in [0.25, 0.3) is 5.91 Å². The highest BCUT2D eigenvalue weighted by Gasteiger charge is 2.41. The van der Waals surface area contributed by atoms with Crippen LogP contribution in [0.3, 0.4) is 0 Å². The molecule has 0 aromatic carbocycles. The van der Waals surface area contributed by atoms with Crippen LogP contribution in [-0.4, -0.2) is 39.8 Å². The molecule has 0 aromatic heterocycles. The Labute approximate surface area is 89.0 Å². The third kappa shape index (κ3) is 2.68. The highest BCUT2D eigenvalue weighted by molar-refractivity contribution is 5.96. The van der Waals surface area contributed by atoms with E-state index in [2.05, 4.69) is 0 Å². The molecule has 1 heterocycles. The predicted octanol–water partition coefficient (Wildman–Crippen LogP) is 0.903. The molecule has 0 spiro atoms. The molecule has 2 amide bonds. The number of carbonyl (C=O) groups is 2. The van der Waals surface area contributed by atoms with E-state index >= 15 is 0 Å². The molecule has 0 radical (unpaired) electrons. The Hall–Kier alpha value is -1.10. The Balaban J connectivity index is 2.72. The molecule has 1 rings (SSSR count). The van der Waals surface area contributed by atoms with E-state index in [1.807, 2.05) is 0 Å². The van der Waals surface area contributed by atoms with Crippen molar-refractivity contribution in [3.8, 4) is 0 Å². The summed E-state index contributed by atoms with van der Waals surface area (Å²) in [6.07, 6.45) is -1.48. The fraction of sp³-hybridized carbons (Fsp3) is 0.800. The summed E-state index contributed by atoms with van der Waals surface area (Å²) < 4.78 is 5.07. The first-order valence-electron chi connectivity index (χ1n) is 4.96. The van der Waals surface area contributed by atoms with Gasteiger partial charge >= 0.3 is 6.09 Å². The minimum absolute atomic E-state index is 0.276. The van der Waals surface area contributed by atoms with Crippen molar-refractivity contribution in [3.63, 3.8) is 0 Å². The number of nitrogens with zero attached hydrogens (tertiary/aromatic N) is 1. The largest absolute Gasteiger partial charge is 0.443 e. The van der Waals surface area contributed by atoms with Crippen LogP contribution in [-0.2, 0) is 9.53 Å². The molecule has 0 bridgehead atoms. The quantitative estimate of drug-likeness (QED) is 0.652. The smallest absolute Gasteiger partial charge is 0.417 e. The topological polar surface area (TPSA) is 66.8 Å². The van der Waals surface area contributed by atoms with E-state index < -0.39 is 23.7 Å². The summed E-state index contributed by atoms with van der Waals surface area (Å²) in [6, 6.07) is -0.303. The monoisotopic (exact) mass is 215 g/mol. The van der Waals surface area contributed by atoms with Crippen LogP contribution in [0.15, 0.2) is 0 Å². The lowest BCUT2D eigenvalue weighted by molar-refractivity contribution is -0.134. The third-order valence-electron chi connectivity index (χ3n) is 2.12. The van der Waals surface area contributed by atoms with Crippen molar-refractivity contribution in [1.82, 2.24) is 4.90 Å². The Bertz CT molecular complexity index is 282. The molecule has 5 heteroatoms. The van der Waals surface area contributed by atoms with Crippen LogP contribution in [0.1, 0.15) is 34.1 Å². The van der Waals surface area contributed by atoms with Gasteiger partial charge in [-0.3, -0.25) is 4.79 Å². The van der Waals surface area contributed by atoms with Crippen LogP contribution >= 0.6 is 0 Å². The molecule has 0 saturated carbocycles. The maximum Gasteiger partial charge on any atom is 0.417 e. The van der Waals surface area contributed by atoms with Crippen LogP contribution in [0.2, 0.25) is 0 Å². The fourth-order valence-corrected chi connectivity index (χ4v) is 1.49. The number of hydrogen-bond donors (Lipinski definition) is 1. The van der Waals surface area contributed by atoms with Gasteiger partial charge in [0.1, 0.15) is 11.7 Å². The summed E-state index contributed by atoms with van der Waals surface area (Å²) >= 11 is 0. The molecule has 5 nitrogen and oxygen atoms in total. The van der Waals surface area contributed by atoms with Crippen molar-refractivity contribution in [2.45, 2.75) is 51.9 Å². The first-order chi connectivity index (χ1) is 6.72. The number of hydrogen-bond acceptors (Lipinski definition) is 4. The number of likely N-dealkylation sites (tertiary alicyclic amines) is 1. The van der Waals surface area contributed by atoms with Gasteiger partial charge in [0.05, 0.1) is 0 Å². The molecular formula is C10H17NO4. The van der Waals surface area contributed by atoms with Crippen LogP contribution < -0.4 is 0 Å². The zero-order valence-corrected chi connectivity index (χ0v) is 9.48. The minimum Gasteiger partial charge on any atom is -0.443 e. The first kappa shape index (κ1) is 12.0. The van der Waals surface area contributed by atoms with Crippen molar-refractivity contribution >= 4 is 12.0 Å². The lowest BCUT2D eigenvalue weighted by Gasteiger charge is -2.25. The molecule has 1 aliphatic rings. The lowest BCUT2D eigenvalue weighted by Crippen LogP contribution is -2.42. The van der Waals surface area contributed by atoms with Crippen LogP contribution in [0.5, 0.6) is 0 Å². The van der Waals surface area contributed by atoms with E-state index in [-0.39, 0.29) is 12.5 Å². The fourth-order valence-electron chi connectivity index (χ4n) is 1.49. The zero-order valence-electron chi connectivity index (χ0n) is 9.48. The summed E-state index contributed by atoms with van der Waals surface area (Å²) in [5, 5.41) is 9.29. The van der Waals surface area contributed by atoms with Gasteiger partial charge < -0.3 is 9.84 Å². The highest BCUT2D eigenvalue weighted by atomic mass is 16.6. The number of rotatable bonds is 0. The average Bonchev–Trinajstić information content (AvgIpc) is 2.22. The second kappa shape index (κ2) is 3.81. The van der Waals surface area contributed by atoms with Crippen molar-refractivity contribution in [2.75, 3.05) is 0 Å². The zero-order chi connectivity index (χ0) is 11.8. The maximum absolute atomic E-state index is 11.6. The van der Waals surface area contributed by atoms with E-state index in [1.165, 1.54) is 0 Å². The highest BCUT2D eigenvalue weighted by Crippen LogP contribution is 2.21. The van der Waals surface area contributed by atoms with Gasteiger partial charge in [0.2, 0.25) is 0 Å². The molecule has 1 aliphatic heterocycles. The normalized spacial score (nSPS) is 27.0. The molecule has 1 saturated heterocycles. The number of amides is 2. The van der Waals surface area contributed by atoms with Crippen molar-refractivity contribution in [1.29, 1.82) is 0 Å². The van der Waals surface area contributed by atoms with E-state index in [9.17, 15) is 14.7 Å². The van der Waals surface area contributed by atoms with E-state index in [0.717, 1.165) is 4.90 Å². The van der Waals surface area contributed by atoms with Crippen LogP contribution in [0, 0.1) is 0 Å².